The van der Waals surface area contributed by atoms with Crippen molar-refractivity contribution in [2.24, 2.45) is 0 Å². The van der Waals surface area contributed by atoms with Crippen LogP contribution in [-0.4, -0.2) is 24.8 Å². The molecule has 20 heavy (non-hydrogen) atoms. The van der Waals surface area contributed by atoms with E-state index in [-0.39, 0.29) is 6.04 Å². The van der Waals surface area contributed by atoms with Gasteiger partial charge >= 0.3 is 6.09 Å². The molecule has 1 amide bonds. The number of carbonyl (C=O) groups excluding carboxylic acids is 1. The van der Waals surface area contributed by atoms with E-state index in [1.807, 2.05) is 52.0 Å². The minimum atomic E-state index is -0.502. The summed E-state index contributed by atoms with van der Waals surface area (Å²) in [5.41, 5.74) is 6.05. The van der Waals surface area contributed by atoms with Gasteiger partial charge in [-0.15, -0.1) is 0 Å². The Labute approximate surface area is 120 Å². The Morgan fingerprint density at radius 3 is 2.55 bits per heavy atom. The van der Waals surface area contributed by atoms with Crippen molar-refractivity contribution in [2.45, 2.75) is 45.8 Å². The van der Waals surface area contributed by atoms with Crippen LogP contribution in [0.5, 0.6) is 5.75 Å². The zero-order valence-corrected chi connectivity index (χ0v) is 12.8. The van der Waals surface area contributed by atoms with E-state index in [9.17, 15) is 4.79 Å². The SMILES string of the molecule is COc1ccccc1CC(C)NNC(=O)OC(C)(C)C. The number of hydrogen-bond acceptors (Lipinski definition) is 4. The van der Waals surface area contributed by atoms with Gasteiger partial charge in [0.2, 0.25) is 0 Å². The number of rotatable bonds is 5. The third-order valence-corrected chi connectivity index (χ3v) is 2.54. The van der Waals surface area contributed by atoms with Crippen LogP contribution in [0.2, 0.25) is 0 Å². The fourth-order valence-electron chi connectivity index (χ4n) is 1.74. The lowest BCUT2D eigenvalue weighted by molar-refractivity contribution is 0.0489. The van der Waals surface area contributed by atoms with Crippen LogP contribution in [-0.2, 0) is 11.2 Å². The Kier molecular flexibility index (Phi) is 5.82. The Balaban J connectivity index is 2.44. The first-order chi connectivity index (χ1) is 9.31. The molecule has 1 unspecified atom stereocenters. The zero-order chi connectivity index (χ0) is 15.2. The number of methoxy groups -OCH3 is 1. The van der Waals surface area contributed by atoms with Crippen molar-refractivity contribution in [3.63, 3.8) is 0 Å². The average Bonchev–Trinajstić information content (AvgIpc) is 2.35. The van der Waals surface area contributed by atoms with Crippen molar-refractivity contribution >= 4 is 6.09 Å². The molecule has 1 atom stereocenters. The van der Waals surface area contributed by atoms with Gasteiger partial charge in [0.15, 0.2) is 0 Å². The average molecular weight is 280 g/mol. The molecule has 0 spiro atoms. The lowest BCUT2D eigenvalue weighted by atomic mass is 10.1. The Hall–Kier alpha value is -1.75. The van der Waals surface area contributed by atoms with E-state index < -0.39 is 11.7 Å². The minimum absolute atomic E-state index is 0.0545. The molecule has 0 aliphatic heterocycles. The second-order valence-electron chi connectivity index (χ2n) is 5.69. The molecule has 1 rings (SSSR count). The summed E-state index contributed by atoms with van der Waals surface area (Å²) in [4.78, 5) is 11.5. The van der Waals surface area contributed by atoms with Gasteiger partial charge in [0, 0.05) is 6.04 Å². The van der Waals surface area contributed by atoms with Crippen molar-refractivity contribution < 1.29 is 14.3 Å². The van der Waals surface area contributed by atoms with Crippen LogP contribution < -0.4 is 15.6 Å². The second kappa shape index (κ2) is 7.14. The van der Waals surface area contributed by atoms with E-state index in [2.05, 4.69) is 10.9 Å². The van der Waals surface area contributed by atoms with Gasteiger partial charge < -0.3 is 9.47 Å². The van der Waals surface area contributed by atoms with Crippen molar-refractivity contribution in [1.82, 2.24) is 10.9 Å². The molecule has 0 aliphatic carbocycles. The molecule has 0 aliphatic rings. The van der Waals surface area contributed by atoms with Gasteiger partial charge in [-0.1, -0.05) is 18.2 Å². The number of ether oxygens (including phenoxy) is 2. The first-order valence-electron chi connectivity index (χ1n) is 6.68. The number of nitrogens with one attached hydrogen (secondary N) is 2. The Morgan fingerprint density at radius 2 is 1.95 bits per heavy atom. The quantitative estimate of drug-likeness (QED) is 0.814. The van der Waals surface area contributed by atoms with Gasteiger partial charge in [0.1, 0.15) is 11.4 Å². The summed E-state index contributed by atoms with van der Waals surface area (Å²) in [6.45, 7) is 7.45. The molecule has 0 heterocycles. The van der Waals surface area contributed by atoms with Crippen LogP contribution in [0.4, 0.5) is 4.79 Å². The number of para-hydroxylation sites is 1. The second-order valence-corrected chi connectivity index (χ2v) is 5.69. The molecule has 0 fully saturated rings. The number of hydrazine groups is 1. The van der Waals surface area contributed by atoms with E-state index in [4.69, 9.17) is 9.47 Å². The van der Waals surface area contributed by atoms with E-state index in [0.717, 1.165) is 17.7 Å². The summed E-state index contributed by atoms with van der Waals surface area (Å²) >= 11 is 0. The molecular weight excluding hydrogens is 256 g/mol. The first kappa shape index (κ1) is 16.3. The summed E-state index contributed by atoms with van der Waals surface area (Å²) in [6.07, 6.45) is 0.254. The molecule has 5 heteroatoms. The van der Waals surface area contributed by atoms with Gasteiger partial charge in [-0.2, -0.15) is 0 Å². The maximum Gasteiger partial charge on any atom is 0.422 e. The van der Waals surface area contributed by atoms with Crippen molar-refractivity contribution in [1.29, 1.82) is 0 Å². The Bertz CT molecular complexity index is 441. The van der Waals surface area contributed by atoms with Crippen molar-refractivity contribution in [3.8, 4) is 5.75 Å². The van der Waals surface area contributed by atoms with Gasteiger partial charge in [-0.25, -0.2) is 10.2 Å². The maximum absolute atomic E-state index is 11.5. The molecule has 1 aromatic rings. The van der Waals surface area contributed by atoms with Crippen molar-refractivity contribution in [2.75, 3.05) is 7.11 Å². The van der Waals surface area contributed by atoms with Crippen LogP contribution in [0, 0.1) is 0 Å². The van der Waals surface area contributed by atoms with Crippen LogP contribution in [0.1, 0.15) is 33.3 Å². The first-order valence-corrected chi connectivity index (χ1v) is 6.68. The van der Waals surface area contributed by atoms with E-state index in [1.54, 1.807) is 7.11 Å². The van der Waals surface area contributed by atoms with Gasteiger partial charge in [-0.05, 0) is 45.7 Å². The Morgan fingerprint density at radius 1 is 1.30 bits per heavy atom. The van der Waals surface area contributed by atoms with E-state index >= 15 is 0 Å². The highest BCUT2D eigenvalue weighted by Gasteiger charge is 2.16. The molecule has 0 bridgehead atoms. The number of carbonyl (C=O) groups is 1. The van der Waals surface area contributed by atoms with Crippen molar-refractivity contribution in [3.05, 3.63) is 29.8 Å². The van der Waals surface area contributed by atoms with Crippen LogP contribution >= 0.6 is 0 Å². The van der Waals surface area contributed by atoms with Crippen LogP contribution in [0.3, 0.4) is 0 Å². The zero-order valence-electron chi connectivity index (χ0n) is 12.8. The smallest absolute Gasteiger partial charge is 0.422 e. The number of benzene rings is 1. The van der Waals surface area contributed by atoms with E-state index in [0.29, 0.717) is 0 Å². The monoisotopic (exact) mass is 280 g/mol. The highest BCUT2D eigenvalue weighted by molar-refractivity contribution is 5.67. The molecule has 0 aromatic heterocycles. The van der Waals surface area contributed by atoms with Gasteiger partial charge in [-0.3, -0.25) is 5.43 Å². The highest BCUT2D eigenvalue weighted by Crippen LogP contribution is 2.18. The summed E-state index contributed by atoms with van der Waals surface area (Å²) < 4.78 is 10.4. The molecule has 0 saturated carbocycles. The third-order valence-electron chi connectivity index (χ3n) is 2.54. The fraction of sp³-hybridized carbons (Fsp3) is 0.533. The summed E-state index contributed by atoms with van der Waals surface area (Å²) in [5.74, 6) is 0.846. The summed E-state index contributed by atoms with van der Waals surface area (Å²) in [6, 6.07) is 7.87. The van der Waals surface area contributed by atoms with Gasteiger partial charge in [0.25, 0.3) is 0 Å². The van der Waals surface area contributed by atoms with E-state index in [1.165, 1.54) is 0 Å². The summed E-state index contributed by atoms with van der Waals surface area (Å²) in [7, 11) is 1.65. The molecule has 0 radical (unpaired) electrons. The lowest BCUT2D eigenvalue weighted by Crippen LogP contribution is -2.46. The molecule has 2 N–H and O–H groups in total. The largest absolute Gasteiger partial charge is 0.496 e. The van der Waals surface area contributed by atoms with Crippen LogP contribution in [0.25, 0.3) is 0 Å². The predicted molar refractivity (Wildman–Crippen MR) is 78.7 cm³/mol. The predicted octanol–water partition coefficient (Wildman–Crippen LogP) is 2.66. The number of hydrogen-bond donors (Lipinski definition) is 2. The molecular formula is C15H24N2O3. The molecule has 112 valence electrons. The minimum Gasteiger partial charge on any atom is -0.496 e. The maximum atomic E-state index is 11.5. The summed E-state index contributed by atoms with van der Waals surface area (Å²) in [5, 5.41) is 0. The third kappa shape index (κ3) is 5.93. The van der Waals surface area contributed by atoms with Crippen LogP contribution in [0.15, 0.2) is 24.3 Å². The molecule has 0 saturated heterocycles. The fourth-order valence-corrected chi connectivity index (χ4v) is 1.74. The standard InChI is InChI=1S/C15H24N2O3/c1-11(16-17-14(18)20-15(2,3)4)10-12-8-6-7-9-13(12)19-5/h6-9,11,16H,10H2,1-5H3,(H,17,18). The van der Waals surface area contributed by atoms with Gasteiger partial charge in [0.05, 0.1) is 7.11 Å². The lowest BCUT2D eigenvalue weighted by Gasteiger charge is -2.21. The number of amides is 1. The normalized spacial score (nSPS) is 12.7. The molecule has 5 nitrogen and oxygen atoms in total. The highest BCUT2D eigenvalue weighted by atomic mass is 16.6. The molecule has 1 aromatic carbocycles. The topological polar surface area (TPSA) is 59.6 Å².